The maximum Gasteiger partial charge on any atom is 0.0184 e. The highest BCUT2D eigenvalue weighted by Gasteiger charge is 2.01. The van der Waals surface area contributed by atoms with E-state index in [1.165, 1.54) is 6.42 Å². The molecule has 0 heteroatoms. The minimum absolute atomic E-state index is 0.308. The van der Waals surface area contributed by atoms with Gasteiger partial charge in [-0.15, -0.1) is 12.3 Å². The molecule has 0 bridgehead atoms. The molecule has 0 heterocycles. The van der Waals surface area contributed by atoms with Crippen LogP contribution in [0.15, 0.2) is 0 Å². The summed E-state index contributed by atoms with van der Waals surface area (Å²) >= 11 is 0. The second-order valence-corrected chi connectivity index (χ2v) is 3.49. The van der Waals surface area contributed by atoms with E-state index in [4.69, 9.17) is 12.8 Å². The van der Waals surface area contributed by atoms with Crippen molar-refractivity contribution in [3.63, 3.8) is 0 Å². The fourth-order valence-electron chi connectivity index (χ4n) is 1.15. The van der Waals surface area contributed by atoms with E-state index in [0.29, 0.717) is 11.8 Å². The molecule has 0 fully saturated rings. The van der Waals surface area contributed by atoms with Gasteiger partial charge in [0, 0.05) is 12.3 Å². The van der Waals surface area contributed by atoms with Crippen LogP contribution in [0.5, 0.6) is 0 Å². The van der Waals surface area contributed by atoms with Crippen LogP contribution in [0.4, 0.5) is 0 Å². The summed E-state index contributed by atoms with van der Waals surface area (Å²) in [6, 6.07) is 0. The molecule has 0 aliphatic heterocycles. The smallest absolute Gasteiger partial charge is 0.0184 e. The molecule has 0 aliphatic rings. The van der Waals surface area contributed by atoms with Crippen molar-refractivity contribution in [2.45, 2.75) is 39.5 Å². The van der Waals surface area contributed by atoms with Gasteiger partial charge in [-0.2, -0.15) is 0 Å². The molecule has 0 saturated heterocycles. The first kappa shape index (κ1) is 11.1. The average Bonchev–Trinajstić information content (AvgIpc) is 2.04. The first-order valence-electron chi connectivity index (χ1n) is 4.56. The molecular formula is C12H17. The van der Waals surface area contributed by atoms with Gasteiger partial charge in [-0.05, 0) is 25.2 Å². The van der Waals surface area contributed by atoms with Crippen molar-refractivity contribution in [2.24, 2.45) is 11.8 Å². The minimum atomic E-state index is 0.308. The third-order valence-corrected chi connectivity index (χ3v) is 2.05. The lowest BCUT2D eigenvalue weighted by Crippen LogP contribution is -1.95. The lowest BCUT2D eigenvalue weighted by molar-refractivity contribution is 0.485. The highest BCUT2D eigenvalue weighted by Crippen LogP contribution is 2.14. The molecule has 0 N–H and O–H groups in total. The fraction of sp³-hybridized carbons (Fsp3) is 0.667. The summed E-state index contributed by atoms with van der Waals surface area (Å²) in [5.41, 5.74) is 0. The van der Waals surface area contributed by atoms with Gasteiger partial charge in [0.2, 0.25) is 0 Å². The van der Waals surface area contributed by atoms with Gasteiger partial charge in [-0.3, -0.25) is 0 Å². The maximum absolute atomic E-state index is 6.89. The normalized spacial score (nSPS) is 14.3. The zero-order valence-corrected chi connectivity index (χ0v) is 8.06. The SMILES string of the molecule is [C]#CC(C)CCCC(C)CC#C. The fourth-order valence-corrected chi connectivity index (χ4v) is 1.15. The Morgan fingerprint density at radius 1 is 1.33 bits per heavy atom. The first-order chi connectivity index (χ1) is 5.70. The van der Waals surface area contributed by atoms with E-state index in [9.17, 15) is 0 Å². The van der Waals surface area contributed by atoms with Gasteiger partial charge in [0.15, 0.2) is 0 Å². The predicted molar refractivity (Wildman–Crippen MR) is 52.8 cm³/mol. The summed E-state index contributed by atoms with van der Waals surface area (Å²) in [4.78, 5) is 0. The van der Waals surface area contributed by atoms with Gasteiger partial charge in [-0.25, -0.2) is 0 Å². The zero-order valence-electron chi connectivity index (χ0n) is 8.06. The topological polar surface area (TPSA) is 0 Å². The molecule has 1 radical (unpaired) electrons. The highest BCUT2D eigenvalue weighted by molar-refractivity contribution is 4.86. The predicted octanol–water partition coefficient (Wildman–Crippen LogP) is 3.04. The number of rotatable bonds is 5. The van der Waals surface area contributed by atoms with E-state index in [0.717, 1.165) is 19.3 Å². The molecule has 0 saturated carbocycles. The van der Waals surface area contributed by atoms with Crippen LogP contribution in [-0.4, -0.2) is 0 Å². The Balaban J connectivity index is 3.33. The molecule has 65 valence electrons. The summed E-state index contributed by atoms with van der Waals surface area (Å²) < 4.78 is 0. The molecule has 0 aromatic rings. The van der Waals surface area contributed by atoms with Crippen LogP contribution in [0, 0.1) is 36.5 Å². The third-order valence-electron chi connectivity index (χ3n) is 2.05. The maximum atomic E-state index is 6.89. The Bertz CT molecular complexity index is 177. The highest BCUT2D eigenvalue weighted by atomic mass is 14.1. The van der Waals surface area contributed by atoms with E-state index in [2.05, 4.69) is 18.8 Å². The van der Waals surface area contributed by atoms with Crippen molar-refractivity contribution in [2.75, 3.05) is 0 Å². The Morgan fingerprint density at radius 3 is 2.50 bits per heavy atom. The molecule has 0 spiro atoms. The van der Waals surface area contributed by atoms with Gasteiger partial charge in [0.05, 0.1) is 0 Å². The molecule has 2 atom stereocenters. The summed E-state index contributed by atoms with van der Waals surface area (Å²) in [6.07, 6.45) is 16.4. The Labute approximate surface area is 76.8 Å². The van der Waals surface area contributed by atoms with Gasteiger partial charge in [0.1, 0.15) is 0 Å². The van der Waals surface area contributed by atoms with E-state index in [1.54, 1.807) is 0 Å². The van der Waals surface area contributed by atoms with Crippen molar-refractivity contribution >= 4 is 0 Å². The summed E-state index contributed by atoms with van der Waals surface area (Å²) in [7, 11) is 0. The van der Waals surface area contributed by atoms with Crippen molar-refractivity contribution < 1.29 is 0 Å². The first-order valence-corrected chi connectivity index (χ1v) is 4.56. The monoisotopic (exact) mass is 161 g/mol. The van der Waals surface area contributed by atoms with Crippen LogP contribution in [0.25, 0.3) is 0 Å². The van der Waals surface area contributed by atoms with Crippen molar-refractivity contribution in [3.8, 4) is 18.3 Å². The molecule has 0 aliphatic carbocycles. The van der Waals surface area contributed by atoms with Crippen LogP contribution in [-0.2, 0) is 0 Å². The van der Waals surface area contributed by atoms with Crippen LogP contribution in [0.1, 0.15) is 39.5 Å². The van der Waals surface area contributed by atoms with Crippen molar-refractivity contribution in [3.05, 3.63) is 6.42 Å². The second kappa shape index (κ2) is 6.81. The van der Waals surface area contributed by atoms with Crippen molar-refractivity contribution in [1.29, 1.82) is 0 Å². The molecule has 0 nitrogen and oxygen atoms in total. The minimum Gasteiger partial charge on any atom is -0.120 e. The van der Waals surface area contributed by atoms with E-state index in [1.807, 2.05) is 6.92 Å². The summed E-state index contributed by atoms with van der Waals surface area (Å²) in [5.74, 6) is 6.09. The average molecular weight is 161 g/mol. The number of terminal acetylenes is 1. The molecule has 0 rings (SSSR count). The summed E-state index contributed by atoms with van der Waals surface area (Å²) in [5, 5.41) is 0. The van der Waals surface area contributed by atoms with Crippen molar-refractivity contribution in [1.82, 2.24) is 0 Å². The van der Waals surface area contributed by atoms with E-state index < -0.39 is 0 Å². The largest absolute Gasteiger partial charge is 0.120 e. The molecule has 0 aromatic carbocycles. The third kappa shape index (κ3) is 5.87. The van der Waals surface area contributed by atoms with Gasteiger partial charge in [0.25, 0.3) is 0 Å². The second-order valence-electron chi connectivity index (χ2n) is 3.49. The van der Waals surface area contributed by atoms with Crippen LogP contribution in [0.2, 0.25) is 0 Å². The molecule has 2 unspecified atom stereocenters. The number of hydrogen-bond acceptors (Lipinski definition) is 0. The van der Waals surface area contributed by atoms with Gasteiger partial charge >= 0.3 is 0 Å². The van der Waals surface area contributed by atoms with Gasteiger partial charge < -0.3 is 0 Å². The molecule has 0 amide bonds. The van der Waals surface area contributed by atoms with E-state index in [-0.39, 0.29) is 0 Å². The Morgan fingerprint density at radius 2 is 2.00 bits per heavy atom. The van der Waals surface area contributed by atoms with E-state index >= 15 is 0 Å². The standard InChI is InChI=1S/C12H17/c1-5-8-12(4)10-7-9-11(3)6-2/h1,11-12H,7-10H2,3-4H3. The Kier molecular flexibility index (Phi) is 6.31. The molecule has 0 aromatic heterocycles. The zero-order chi connectivity index (χ0) is 9.40. The van der Waals surface area contributed by atoms with Crippen LogP contribution < -0.4 is 0 Å². The quantitative estimate of drug-likeness (QED) is 0.544. The van der Waals surface area contributed by atoms with Gasteiger partial charge in [-0.1, -0.05) is 26.2 Å². The van der Waals surface area contributed by atoms with Crippen LogP contribution >= 0.6 is 0 Å². The molecule has 12 heavy (non-hydrogen) atoms. The van der Waals surface area contributed by atoms with Crippen LogP contribution in [0.3, 0.4) is 0 Å². The Hall–Kier alpha value is -0.880. The lowest BCUT2D eigenvalue weighted by atomic mass is 9.97. The lowest BCUT2D eigenvalue weighted by Gasteiger charge is -2.07. The summed E-state index contributed by atoms with van der Waals surface area (Å²) in [6.45, 7) is 4.21. The molecular weight excluding hydrogens is 144 g/mol. The number of hydrogen-bond donors (Lipinski definition) is 0.